The van der Waals surface area contributed by atoms with Crippen LogP contribution in [0.5, 0.6) is 5.88 Å². The lowest BCUT2D eigenvalue weighted by Crippen LogP contribution is -2.36. The Balaban J connectivity index is 0.00000392. The Kier molecular flexibility index (Phi) is 11.5. The number of nitrogens with zero attached hydrogens (tertiary/aromatic N) is 3. The summed E-state index contributed by atoms with van der Waals surface area (Å²) in [6, 6.07) is 5.87. The number of ether oxygens (including phenoxy) is 1. The fourth-order valence-corrected chi connectivity index (χ4v) is 2.35. The second-order valence-electron chi connectivity index (χ2n) is 6.59. The Hall–Kier alpha value is -1.84. The lowest BCUT2D eigenvalue weighted by atomic mass is 10.1. The minimum absolute atomic E-state index is 0. The van der Waals surface area contributed by atoms with Crippen LogP contribution in [0.2, 0.25) is 0 Å². The fraction of sp³-hybridized carbons (Fsp3) is 0.550. The van der Waals surface area contributed by atoms with Crippen LogP contribution >= 0.6 is 24.0 Å². The maximum atomic E-state index is 5.78. The molecule has 28 heavy (non-hydrogen) atoms. The standard InChI is InChI=1S/C20H31N5O2.HI/c1-5-7-11-26-19-16(9-8-10-22-19)13-23-20(21-6-2)24-14-17-12-18(15(3)4)25-27-17;/h8-10,12,15H,5-7,11,13-14H2,1-4H3,(H2,21,23,24);1H. The molecule has 0 atom stereocenters. The van der Waals surface area contributed by atoms with Crippen LogP contribution in [0.15, 0.2) is 33.9 Å². The van der Waals surface area contributed by atoms with Crippen LogP contribution in [0.25, 0.3) is 0 Å². The number of aliphatic imine (C=N–C) groups is 1. The molecule has 0 saturated heterocycles. The second-order valence-corrected chi connectivity index (χ2v) is 6.59. The molecule has 0 radical (unpaired) electrons. The molecule has 0 aliphatic rings. The van der Waals surface area contributed by atoms with E-state index in [2.05, 4.69) is 46.5 Å². The summed E-state index contributed by atoms with van der Waals surface area (Å²) in [5.74, 6) is 2.50. The molecule has 0 amide bonds. The van der Waals surface area contributed by atoms with Gasteiger partial charge >= 0.3 is 0 Å². The summed E-state index contributed by atoms with van der Waals surface area (Å²) in [6.45, 7) is 10.8. The molecular formula is C20H32IN5O2. The highest BCUT2D eigenvalue weighted by molar-refractivity contribution is 14.0. The van der Waals surface area contributed by atoms with Crippen molar-refractivity contribution in [1.82, 2.24) is 20.8 Å². The van der Waals surface area contributed by atoms with Crippen LogP contribution in [0.3, 0.4) is 0 Å². The Morgan fingerprint density at radius 3 is 2.79 bits per heavy atom. The van der Waals surface area contributed by atoms with Crippen LogP contribution < -0.4 is 15.4 Å². The topological polar surface area (TPSA) is 84.6 Å². The van der Waals surface area contributed by atoms with E-state index in [0.717, 1.165) is 36.4 Å². The van der Waals surface area contributed by atoms with E-state index < -0.39 is 0 Å². The Labute approximate surface area is 184 Å². The van der Waals surface area contributed by atoms with Crippen molar-refractivity contribution in [3.05, 3.63) is 41.4 Å². The summed E-state index contributed by atoms with van der Waals surface area (Å²) in [5, 5.41) is 10.6. The van der Waals surface area contributed by atoms with E-state index in [1.807, 2.05) is 25.1 Å². The predicted molar refractivity (Wildman–Crippen MR) is 122 cm³/mol. The zero-order valence-electron chi connectivity index (χ0n) is 17.2. The number of pyridine rings is 1. The molecule has 0 aromatic carbocycles. The SMILES string of the molecule is CCCCOc1ncccc1CN=C(NCC)NCc1cc(C(C)C)no1.I. The minimum atomic E-state index is 0. The molecule has 2 aromatic rings. The molecule has 0 bridgehead atoms. The van der Waals surface area contributed by atoms with E-state index in [9.17, 15) is 0 Å². The van der Waals surface area contributed by atoms with Crippen LogP contribution in [0.1, 0.15) is 63.5 Å². The summed E-state index contributed by atoms with van der Waals surface area (Å²) < 4.78 is 11.1. The summed E-state index contributed by atoms with van der Waals surface area (Å²) in [4.78, 5) is 8.97. The van der Waals surface area contributed by atoms with Gasteiger partial charge < -0.3 is 19.9 Å². The van der Waals surface area contributed by atoms with Crippen molar-refractivity contribution in [3.8, 4) is 5.88 Å². The normalized spacial score (nSPS) is 11.2. The van der Waals surface area contributed by atoms with Gasteiger partial charge in [-0.25, -0.2) is 9.98 Å². The number of aromatic nitrogens is 2. The van der Waals surface area contributed by atoms with Crippen molar-refractivity contribution in [1.29, 1.82) is 0 Å². The zero-order valence-corrected chi connectivity index (χ0v) is 19.5. The van der Waals surface area contributed by atoms with E-state index in [4.69, 9.17) is 9.26 Å². The Morgan fingerprint density at radius 1 is 1.29 bits per heavy atom. The lowest BCUT2D eigenvalue weighted by Gasteiger charge is -2.11. The first-order valence-electron chi connectivity index (χ1n) is 9.68. The van der Waals surface area contributed by atoms with Gasteiger partial charge in [0.15, 0.2) is 11.7 Å². The third kappa shape index (κ3) is 8.04. The van der Waals surface area contributed by atoms with Crippen LogP contribution in [-0.2, 0) is 13.1 Å². The summed E-state index contributed by atoms with van der Waals surface area (Å²) in [5.41, 5.74) is 1.92. The Morgan fingerprint density at radius 2 is 2.11 bits per heavy atom. The molecule has 0 aliphatic carbocycles. The van der Waals surface area contributed by atoms with Crippen LogP contribution in [0.4, 0.5) is 0 Å². The smallest absolute Gasteiger partial charge is 0.218 e. The van der Waals surface area contributed by atoms with E-state index in [1.165, 1.54) is 0 Å². The van der Waals surface area contributed by atoms with E-state index in [0.29, 0.717) is 37.5 Å². The van der Waals surface area contributed by atoms with Crippen molar-refractivity contribution in [2.75, 3.05) is 13.2 Å². The monoisotopic (exact) mass is 501 g/mol. The number of unbranched alkanes of at least 4 members (excludes halogenated alkanes) is 1. The van der Waals surface area contributed by atoms with Crippen molar-refractivity contribution in [2.45, 2.75) is 59.5 Å². The minimum Gasteiger partial charge on any atom is -0.477 e. The first-order valence-corrected chi connectivity index (χ1v) is 9.68. The number of halogens is 1. The van der Waals surface area contributed by atoms with Crippen molar-refractivity contribution >= 4 is 29.9 Å². The second kappa shape index (κ2) is 13.4. The average molecular weight is 501 g/mol. The summed E-state index contributed by atoms with van der Waals surface area (Å²) >= 11 is 0. The average Bonchev–Trinajstić information content (AvgIpc) is 3.14. The van der Waals surface area contributed by atoms with E-state index >= 15 is 0 Å². The van der Waals surface area contributed by atoms with Gasteiger partial charge in [0.25, 0.3) is 0 Å². The number of guanidine groups is 1. The quantitative estimate of drug-likeness (QED) is 0.219. The van der Waals surface area contributed by atoms with Crippen molar-refractivity contribution in [3.63, 3.8) is 0 Å². The molecule has 2 rings (SSSR count). The van der Waals surface area contributed by atoms with Gasteiger partial charge in [-0.05, 0) is 25.3 Å². The zero-order chi connectivity index (χ0) is 19.5. The van der Waals surface area contributed by atoms with Crippen LogP contribution in [-0.4, -0.2) is 29.3 Å². The molecule has 0 spiro atoms. The molecule has 8 heteroatoms. The third-order valence-electron chi connectivity index (χ3n) is 3.94. The first-order chi connectivity index (χ1) is 13.1. The highest BCUT2D eigenvalue weighted by Gasteiger charge is 2.09. The van der Waals surface area contributed by atoms with Gasteiger partial charge in [0.2, 0.25) is 5.88 Å². The number of rotatable bonds is 10. The molecule has 2 aromatic heterocycles. The fourth-order valence-electron chi connectivity index (χ4n) is 2.35. The molecular weight excluding hydrogens is 469 g/mol. The highest BCUT2D eigenvalue weighted by atomic mass is 127. The molecule has 2 heterocycles. The largest absolute Gasteiger partial charge is 0.477 e. The van der Waals surface area contributed by atoms with Crippen molar-refractivity contribution < 1.29 is 9.26 Å². The first kappa shape index (κ1) is 24.2. The van der Waals surface area contributed by atoms with E-state index in [1.54, 1.807) is 6.20 Å². The maximum Gasteiger partial charge on any atom is 0.218 e. The maximum absolute atomic E-state index is 5.78. The van der Waals surface area contributed by atoms with Gasteiger partial charge in [-0.2, -0.15) is 0 Å². The third-order valence-corrected chi connectivity index (χ3v) is 3.94. The molecule has 0 unspecified atom stereocenters. The predicted octanol–water partition coefficient (Wildman–Crippen LogP) is 4.25. The summed E-state index contributed by atoms with van der Waals surface area (Å²) in [7, 11) is 0. The molecule has 0 saturated carbocycles. The Bertz CT molecular complexity index is 718. The number of hydrogen-bond donors (Lipinski definition) is 2. The molecule has 0 aliphatic heterocycles. The van der Waals surface area contributed by atoms with E-state index in [-0.39, 0.29) is 24.0 Å². The van der Waals surface area contributed by atoms with Gasteiger partial charge in [0.05, 0.1) is 25.4 Å². The van der Waals surface area contributed by atoms with Gasteiger partial charge in [-0.3, -0.25) is 0 Å². The van der Waals surface area contributed by atoms with Gasteiger partial charge in [-0.15, -0.1) is 24.0 Å². The number of nitrogens with one attached hydrogen (secondary N) is 2. The molecule has 0 fully saturated rings. The highest BCUT2D eigenvalue weighted by Crippen LogP contribution is 2.16. The number of hydrogen-bond acceptors (Lipinski definition) is 5. The summed E-state index contributed by atoms with van der Waals surface area (Å²) in [6.07, 6.45) is 3.85. The van der Waals surface area contributed by atoms with Crippen LogP contribution in [0, 0.1) is 0 Å². The molecule has 156 valence electrons. The van der Waals surface area contributed by atoms with Gasteiger partial charge in [-0.1, -0.05) is 38.4 Å². The lowest BCUT2D eigenvalue weighted by molar-refractivity contribution is 0.294. The van der Waals surface area contributed by atoms with Gasteiger partial charge in [0.1, 0.15) is 0 Å². The van der Waals surface area contributed by atoms with Crippen molar-refractivity contribution in [2.24, 2.45) is 4.99 Å². The van der Waals surface area contributed by atoms with Gasteiger partial charge in [0, 0.05) is 24.4 Å². The molecule has 2 N–H and O–H groups in total. The molecule has 7 nitrogen and oxygen atoms in total.